The van der Waals surface area contributed by atoms with Crippen LogP contribution in [0, 0.1) is 0 Å². The van der Waals surface area contributed by atoms with Crippen molar-refractivity contribution >= 4 is 18.0 Å². The van der Waals surface area contributed by atoms with Crippen molar-refractivity contribution in [2.75, 3.05) is 12.5 Å². The van der Waals surface area contributed by atoms with E-state index in [1.165, 1.54) is 0 Å². The summed E-state index contributed by atoms with van der Waals surface area (Å²) in [5.41, 5.74) is 0. The van der Waals surface area contributed by atoms with Crippen molar-refractivity contribution in [3.8, 4) is 0 Å². The standard InChI is InChI=1S/C2H6OS.CH2O/c1-4(2)3;1-2/h1-2H3;1H2. The average molecular weight is 108 g/mol. The molecule has 0 heterocycles. The highest BCUT2D eigenvalue weighted by molar-refractivity contribution is 7.89. The Kier molecular flexibility index (Phi) is 13.9. The Hall–Kier alpha value is -0.0200. The highest BCUT2D eigenvalue weighted by Gasteiger charge is 1.66. The van der Waals surface area contributed by atoms with E-state index in [1.807, 2.05) is 6.79 Å². The molecule has 0 aromatic rings. The lowest BCUT2D eigenvalue weighted by Gasteiger charge is -1.87. The van der Waals surface area contributed by atoms with Crippen molar-refractivity contribution in [3.63, 3.8) is 0 Å². The second kappa shape index (κ2) is 8.88. The number of hydrogen-bond acceptors (Lipinski definition) is 2. The molecule has 0 aromatic carbocycles. The van der Waals surface area contributed by atoms with Gasteiger partial charge in [-0.05, 0) is 0 Å². The molecule has 3 heteroatoms. The van der Waals surface area contributed by atoms with Gasteiger partial charge in [0, 0.05) is 0 Å². The molecule has 0 amide bonds. The quantitative estimate of drug-likeness (QED) is 0.403. The van der Waals surface area contributed by atoms with Crippen molar-refractivity contribution in [2.45, 2.75) is 0 Å². The van der Waals surface area contributed by atoms with E-state index in [4.69, 9.17) is 4.79 Å². The van der Waals surface area contributed by atoms with Crippen LogP contribution in [0.1, 0.15) is 0 Å². The van der Waals surface area contributed by atoms with Gasteiger partial charge in [0.05, 0.1) is 12.5 Å². The van der Waals surface area contributed by atoms with Gasteiger partial charge in [0.1, 0.15) is 6.79 Å². The number of carbonyl (C=O) groups is 1. The predicted octanol–water partition coefficient (Wildman–Crippen LogP) is -0.190. The van der Waals surface area contributed by atoms with Crippen LogP contribution < -0.4 is 0 Å². The largest absolute Gasteiger partial charge is 0.617 e. The van der Waals surface area contributed by atoms with Crippen LogP contribution >= 0.6 is 0 Å². The van der Waals surface area contributed by atoms with Gasteiger partial charge in [0.2, 0.25) is 0 Å². The molecule has 0 aliphatic rings. The van der Waals surface area contributed by atoms with E-state index in [2.05, 4.69) is 0 Å². The summed E-state index contributed by atoms with van der Waals surface area (Å²) < 4.78 is 9.56. The summed E-state index contributed by atoms with van der Waals surface area (Å²) in [5, 5.41) is 0. The van der Waals surface area contributed by atoms with E-state index in [-0.39, 0.29) is 0 Å². The van der Waals surface area contributed by atoms with E-state index < -0.39 is 11.2 Å². The van der Waals surface area contributed by atoms with Crippen LogP contribution in [0.5, 0.6) is 0 Å². The van der Waals surface area contributed by atoms with E-state index in [0.29, 0.717) is 0 Å². The Morgan fingerprint density at radius 3 is 1.50 bits per heavy atom. The van der Waals surface area contributed by atoms with Crippen molar-refractivity contribution in [1.82, 2.24) is 0 Å². The number of carbonyl (C=O) groups excluding carboxylic acids is 1. The number of rotatable bonds is 0. The smallest absolute Gasteiger partial charge is 0.106 e. The van der Waals surface area contributed by atoms with Crippen LogP contribution in [0.4, 0.5) is 0 Å². The minimum atomic E-state index is -0.611. The van der Waals surface area contributed by atoms with Crippen LogP contribution in [0.15, 0.2) is 0 Å². The highest BCUT2D eigenvalue weighted by atomic mass is 32.2. The minimum absolute atomic E-state index is 0.611. The highest BCUT2D eigenvalue weighted by Crippen LogP contribution is 1.61. The first-order valence-corrected chi connectivity index (χ1v) is 3.24. The zero-order valence-corrected chi connectivity index (χ0v) is 4.75. The van der Waals surface area contributed by atoms with E-state index in [1.54, 1.807) is 12.5 Å². The lowest BCUT2D eigenvalue weighted by Crippen LogP contribution is -1.86. The van der Waals surface area contributed by atoms with Crippen LogP contribution in [0.3, 0.4) is 0 Å². The normalized spacial score (nSPS) is 6.67. The van der Waals surface area contributed by atoms with Gasteiger partial charge in [0.25, 0.3) is 0 Å². The molecule has 0 N–H and O–H groups in total. The third kappa shape index (κ3) is 88400. The molecule has 0 aliphatic heterocycles. The Morgan fingerprint density at radius 1 is 1.50 bits per heavy atom. The Labute approximate surface area is 40.7 Å². The molecule has 0 radical (unpaired) electrons. The lowest BCUT2D eigenvalue weighted by molar-refractivity contribution is -0.0979. The molecule has 0 aromatic heterocycles. The first-order valence-electron chi connectivity index (χ1n) is 1.27. The van der Waals surface area contributed by atoms with Gasteiger partial charge in [-0.1, -0.05) is 11.2 Å². The molecule has 2 nitrogen and oxygen atoms in total. The van der Waals surface area contributed by atoms with E-state index in [9.17, 15) is 4.55 Å². The molecule has 0 bridgehead atoms. The molecule has 0 rings (SSSR count). The van der Waals surface area contributed by atoms with Crippen molar-refractivity contribution in [3.05, 3.63) is 0 Å². The van der Waals surface area contributed by atoms with E-state index in [0.717, 1.165) is 0 Å². The summed E-state index contributed by atoms with van der Waals surface area (Å²) in [5.74, 6) is 0. The van der Waals surface area contributed by atoms with Gasteiger partial charge >= 0.3 is 0 Å². The minimum Gasteiger partial charge on any atom is -0.617 e. The summed E-state index contributed by atoms with van der Waals surface area (Å²) in [4.78, 5) is 8.00. The lowest BCUT2D eigenvalue weighted by atomic mass is 11.9. The van der Waals surface area contributed by atoms with E-state index >= 15 is 0 Å². The molecule has 0 spiro atoms. The molecule has 0 fully saturated rings. The fourth-order valence-electron chi connectivity index (χ4n) is 0. The fourth-order valence-corrected chi connectivity index (χ4v) is 0. The average Bonchev–Trinajstić information content (AvgIpc) is 1.41. The number of hydrogen-bond donors (Lipinski definition) is 0. The molecule has 38 valence electrons. The first kappa shape index (κ1) is 9.36. The van der Waals surface area contributed by atoms with Gasteiger partial charge in [-0.15, -0.1) is 0 Å². The second-order valence-electron chi connectivity index (χ2n) is 0.742. The van der Waals surface area contributed by atoms with Crippen molar-refractivity contribution < 1.29 is 9.35 Å². The Morgan fingerprint density at radius 2 is 1.50 bits per heavy atom. The molecule has 0 saturated carbocycles. The summed E-state index contributed by atoms with van der Waals surface area (Å²) in [6.45, 7) is 2.00. The van der Waals surface area contributed by atoms with Crippen LogP contribution in [-0.4, -0.2) is 23.9 Å². The third-order valence-corrected chi connectivity index (χ3v) is 0. The van der Waals surface area contributed by atoms with Gasteiger partial charge < -0.3 is 9.35 Å². The monoisotopic (exact) mass is 108 g/mol. The molecule has 0 aliphatic carbocycles. The fraction of sp³-hybridized carbons (Fsp3) is 0.667. The maximum Gasteiger partial charge on any atom is 0.106 e. The van der Waals surface area contributed by atoms with Crippen LogP contribution in [0.25, 0.3) is 0 Å². The maximum atomic E-state index is 9.56. The topological polar surface area (TPSA) is 40.1 Å². The molecule has 6 heavy (non-hydrogen) atoms. The molecular formula is C3H8O2S. The second-order valence-corrected chi connectivity index (χ2v) is 2.22. The van der Waals surface area contributed by atoms with Gasteiger partial charge in [0.15, 0.2) is 0 Å². The molecule has 0 atom stereocenters. The molecule has 0 saturated heterocycles. The molecular weight excluding hydrogens is 100 g/mol. The van der Waals surface area contributed by atoms with Crippen LogP contribution in [0.2, 0.25) is 0 Å². The predicted molar refractivity (Wildman–Crippen MR) is 27.1 cm³/mol. The Balaban J connectivity index is 0. The zero-order chi connectivity index (χ0) is 5.58. The SMILES string of the molecule is C=O.C[S+](C)[O-]. The van der Waals surface area contributed by atoms with Crippen molar-refractivity contribution in [2.24, 2.45) is 0 Å². The molecule has 0 unspecified atom stereocenters. The summed E-state index contributed by atoms with van der Waals surface area (Å²) in [7, 11) is 0. The van der Waals surface area contributed by atoms with Gasteiger partial charge in [-0.2, -0.15) is 0 Å². The first-order chi connectivity index (χ1) is 2.73. The zero-order valence-electron chi connectivity index (χ0n) is 3.93. The summed E-state index contributed by atoms with van der Waals surface area (Å²) >= 11 is -0.611. The Bertz CT molecular complexity index is 20.0. The van der Waals surface area contributed by atoms with Gasteiger partial charge in [-0.25, -0.2) is 0 Å². The maximum absolute atomic E-state index is 9.56. The summed E-state index contributed by atoms with van der Waals surface area (Å²) in [6.07, 6.45) is 3.28. The van der Waals surface area contributed by atoms with Crippen LogP contribution in [-0.2, 0) is 16.0 Å². The summed E-state index contributed by atoms with van der Waals surface area (Å²) in [6, 6.07) is 0. The third-order valence-electron chi connectivity index (χ3n) is 0. The van der Waals surface area contributed by atoms with Gasteiger partial charge in [-0.3, -0.25) is 0 Å². The van der Waals surface area contributed by atoms with Crippen molar-refractivity contribution in [1.29, 1.82) is 0 Å².